The highest BCUT2D eigenvalue weighted by Crippen LogP contribution is 2.24. The molecule has 1 aliphatic rings. The smallest absolute Gasteiger partial charge is 0.249 e. The highest BCUT2D eigenvalue weighted by Gasteiger charge is 2.32. The van der Waals surface area contributed by atoms with Gasteiger partial charge in [-0.1, -0.05) is 38.0 Å². The van der Waals surface area contributed by atoms with Crippen molar-refractivity contribution < 1.29 is 35.9 Å². The van der Waals surface area contributed by atoms with Crippen LogP contribution < -0.4 is 10.6 Å². The molecule has 0 aliphatic carbocycles. The minimum Gasteiger partial charge on any atom is -0.383 e. The van der Waals surface area contributed by atoms with Gasteiger partial charge in [-0.25, -0.2) is 0 Å². The van der Waals surface area contributed by atoms with Gasteiger partial charge in [-0.05, 0) is 30.3 Å². The van der Waals surface area contributed by atoms with Gasteiger partial charge >= 0.3 is 0 Å². The van der Waals surface area contributed by atoms with Crippen LogP contribution in [0.25, 0.3) is 0 Å². The van der Waals surface area contributed by atoms with Crippen molar-refractivity contribution in [1.82, 2.24) is 15.5 Å². The van der Waals surface area contributed by atoms with Gasteiger partial charge < -0.3 is 20.6 Å². The van der Waals surface area contributed by atoms with Crippen LogP contribution in [0.2, 0.25) is 0 Å². The Morgan fingerprint density at radius 2 is 2.15 bits per heavy atom. The van der Waals surface area contributed by atoms with Crippen molar-refractivity contribution in [2.45, 2.75) is 45.3 Å². The van der Waals surface area contributed by atoms with Crippen molar-refractivity contribution in [3.63, 3.8) is 0 Å². The molecule has 7 nitrogen and oxygen atoms in total. The molecule has 1 aromatic carbocycles. The molecule has 3 atom stereocenters. The van der Waals surface area contributed by atoms with Gasteiger partial charge in [-0.2, -0.15) is 0 Å². The third kappa shape index (κ3) is 4.40. The summed E-state index contributed by atoms with van der Waals surface area (Å²) in [6.45, 7) is -4.73. The second-order valence-corrected chi connectivity index (χ2v) is 5.94. The lowest BCUT2D eigenvalue weighted by molar-refractivity contribution is -0.137. The van der Waals surface area contributed by atoms with Crippen LogP contribution in [0.15, 0.2) is 24.2 Å². The molecule has 1 heterocycles. The van der Waals surface area contributed by atoms with E-state index in [9.17, 15) is 19.5 Å². The van der Waals surface area contributed by atoms with Crippen LogP contribution in [0.3, 0.4) is 0 Å². The normalized spacial score (nSPS) is 31.1. The number of rotatable bonds is 5. The average Bonchev–Trinajstić information content (AvgIpc) is 2.88. The zero-order valence-corrected chi connectivity index (χ0v) is 14.2. The van der Waals surface area contributed by atoms with Gasteiger partial charge in [-0.3, -0.25) is 14.4 Å². The highest BCUT2D eigenvalue weighted by molar-refractivity contribution is 5.93. The zero-order chi connectivity index (χ0) is 29.8. The topological polar surface area (TPSA) is 98.7 Å². The molecule has 3 amide bonds. The second kappa shape index (κ2) is 8.31. The molecule has 0 aromatic heterocycles. The molecular weight excluding hydrogens is 334 g/mol. The summed E-state index contributed by atoms with van der Waals surface area (Å²) < 4.78 is 95.5. The number of hydrogen-bond donors (Lipinski definition) is 3. The van der Waals surface area contributed by atoms with Crippen molar-refractivity contribution in [3.8, 4) is 0 Å². The largest absolute Gasteiger partial charge is 0.383 e. The molecule has 1 aliphatic heterocycles. The van der Waals surface area contributed by atoms with E-state index in [0.717, 1.165) is 0 Å². The predicted octanol–water partition coefficient (Wildman–Crippen LogP) is 0.380. The fourth-order valence-corrected chi connectivity index (χ4v) is 2.15. The van der Waals surface area contributed by atoms with Crippen LogP contribution >= 0.6 is 0 Å². The predicted molar refractivity (Wildman–Crippen MR) is 97.1 cm³/mol. The first-order valence-corrected chi connectivity index (χ1v) is 7.76. The molecule has 26 heavy (non-hydrogen) atoms. The molecule has 0 fully saturated rings. The average molecular weight is 374 g/mol. The van der Waals surface area contributed by atoms with E-state index in [2.05, 4.69) is 0 Å². The summed E-state index contributed by atoms with van der Waals surface area (Å²) in [5, 5.41) is 13.2. The van der Waals surface area contributed by atoms with E-state index >= 15 is 0 Å². The van der Waals surface area contributed by atoms with Crippen molar-refractivity contribution >= 4 is 17.7 Å². The Bertz CT molecular complexity index is 1160. The summed E-state index contributed by atoms with van der Waals surface area (Å²) in [7, 11) is 0. The van der Waals surface area contributed by atoms with Crippen LogP contribution in [0.1, 0.15) is 54.3 Å². The number of likely N-dealkylation sites (N-methyl/N-ethyl adjacent to an activating group) is 1. The molecule has 0 spiro atoms. The number of carbonyl (C=O) groups excluding carboxylic acids is 3. The Balaban J connectivity index is 2.79. The first-order valence-electron chi connectivity index (χ1n) is 13.8. The van der Waals surface area contributed by atoms with Crippen LogP contribution in [-0.2, 0) is 20.8 Å². The van der Waals surface area contributed by atoms with Gasteiger partial charge in [-0.15, -0.1) is 0 Å². The van der Waals surface area contributed by atoms with E-state index in [-0.39, 0.29) is 10.5 Å². The van der Waals surface area contributed by atoms with Crippen LogP contribution in [0.4, 0.5) is 0 Å². The van der Waals surface area contributed by atoms with E-state index in [4.69, 9.17) is 16.4 Å². The Kier molecular flexibility index (Phi) is 2.87. The van der Waals surface area contributed by atoms with Gasteiger partial charge in [0.2, 0.25) is 17.7 Å². The van der Waals surface area contributed by atoms with Gasteiger partial charge in [0, 0.05) is 21.7 Å². The highest BCUT2D eigenvalue weighted by atomic mass is 16.3. The summed E-state index contributed by atoms with van der Waals surface area (Å²) in [4.78, 5) is 39.3. The molecule has 142 valence electrons. The van der Waals surface area contributed by atoms with Crippen molar-refractivity contribution in [2.24, 2.45) is 5.92 Å². The lowest BCUT2D eigenvalue weighted by Gasteiger charge is -2.24. The molecule has 2 rings (SSSR count). The fourth-order valence-electron chi connectivity index (χ4n) is 2.15. The summed E-state index contributed by atoms with van der Waals surface area (Å²) >= 11 is 0. The van der Waals surface area contributed by atoms with Gasteiger partial charge in [0.1, 0.15) is 18.1 Å². The van der Waals surface area contributed by atoms with E-state index < -0.39 is 98.3 Å². The van der Waals surface area contributed by atoms with Gasteiger partial charge in [0.15, 0.2) is 0 Å². The van der Waals surface area contributed by atoms with Gasteiger partial charge in [0.05, 0.1) is 8.22 Å². The minimum absolute atomic E-state index is 0.175. The monoisotopic (exact) mass is 373 g/mol. The van der Waals surface area contributed by atoms with E-state index in [1.807, 2.05) is 0 Å². The first kappa shape index (κ1) is 8.99. The maximum absolute atomic E-state index is 13.5. The van der Waals surface area contributed by atoms with E-state index in [1.54, 1.807) is 10.6 Å². The van der Waals surface area contributed by atoms with Crippen LogP contribution in [0, 0.1) is 5.92 Å². The number of hydrogen-bond acceptors (Lipinski definition) is 4. The number of aliphatic hydroxyl groups is 1. The number of aliphatic hydroxyl groups excluding tert-OH is 1. The van der Waals surface area contributed by atoms with Gasteiger partial charge in [0.25, 0.3) is 0 Å². The number of fused-ring (bicyclic) bond motifs is 1. The second-order valence-electron chi connectivity index (χ2n) is 5.94. The zero-order valence-electron chi connectivity index (χ0n) is 26.2. The maximum Gasteiger partial charge on any atom is 0.249 e. The Hall–Kier alpha value is -2.41. The number of nitrogens with zero attached hydrogens (tertiary/aromatic N) is 1. The van der Waals surface area contributed by atoms with Crippen LogP contribution in [-0.4, -0.2) is 53.4 Å². The summed E-state index contributed by atoms with van der Waals surface area (Å²) in [6.07, 6.45) is -2.31. The number of carbonyl (C=O) groups is 3. The lowest BCUT2D eigenvalue weighted by Crippen LogP contribution is -2.51. The quantitative estimate of drug-likeness (QED) is 0.695. The minimum atomic E-state index is -3.66. The van der Waals surface area contributed by atoms with E-state index in [1.165, 1.54) is 13.8 Å². The van der Waals surface area contributed by atoms with Crippen molar-refractivity contribution in [3.05, 3.63) is 35.3 Å². The maximum atomic E-state index is 13.5. The molecule has 0 radical (unpaired) electrons. The first-order chi connectivity index (χ1) is 17.0. The third-order valence-corrected chi connectivity index (χ3v) is 3.67. The molecule has 1 aromatic rings. The molecule has 0 unspecified atom stereocenters. The van der Waals surface area contributed by atoms with Crippen LogP contribution in [0.5, 0.6) is 0 Å². The number of amides is 3. The Morgan fingerprint density at radius 1 is 1.42 bits per heavy atom. The number of benzene rings is 1. The molecule has 0 saturated carbocycles. The van der Waals surface area contributed by atoms with E-state index in [0.29, 0.717) is 0 Å². The molecule has 0 bridgehead atoms. The Labute approximate surface area is 170 Å². The standard InChI is InChI=1S/C19H27N3O4/c1-11(2)16(23)18(25)20-12(3)17(24)21-15-14-8-6-5-7-13(14)9-10-22(4)19(15)26/h5-8,11-12,15-16,23H,9-10H2,1-4H3,(H,20,25)(H,21,24)/t12-,15-,16-/m0/s1/i3D3,4D3,5D,6D,7D,8D,12D,15D. The molecular formula is C19H27N3O4. The molecule has 0 saturated heterocycles. The fraction of sp³-hybridized carbons (Fsp3) is 0.526. The van der Waals surface area contributed by atoms with Crippen molar-refractivity contribution in [2.75, 3.05) is 13.5 Å². The molecule has 3 N–H and O–H groups in total. The summed E-state index contributed by atoms with van der Waals surface area (Å²) in [6, 6.07) is -10.3. The SMILES string of the molecule is [2H]c1c([2H])c([2H])c2c(c1[2H])CCN(C([2H])([2H])[2H])C(=O)[C@@]2([2H])NC(=O)[C@@]([2H])(NC(=O)[C@@H](O)C(C)C)C([2H])([2H])[2H]. The summed E-state index contributed by atoms with van der Waals surface area (Å²) in [5.74, 6) is -5.87. The lowest BCUT2D eigenvalue weighted by atomic mass is 9.99. The summed E-state index contributed by atoms with van der Waals surface area (Å²) in [5.41, 5.74) is -1.22. The number of nitrogens with one attached hydrogen (secondary N) is 2. The third-order valence-electron chi connectivity index (χ3n) is 3.67. The Morgan fingerprint density at radius 3 is 2.81 bits per heavy atom. The molecule has 7 heteroatoms. The van der Waals surface area contributed by atoms with Crippen molar-refractivity contribution in [1.29, 1.82) is 0 Å².